The summed E-state index contributed by atoms with van der Waals surface area (Å²) in [6.07, 6.45) is 13.0. The summed E-state index contributed by atoms with van der Waals surface area (Å²) in [6, 6.07) is 0. The molecule has 4 bridgehead atoms. The predicted molar refractivity (Wildman–Crippen MR) is 173 cm³/mol. The molecule has 0 saturated heterocycles. The maximum absolute atomic E-state index is 13.9. The first kappa shape index (κ1) is 34.2. The molecule has 8 nitrogen and oxygen atoms in total. The second-order valence-electron chi connectivity index (χ2n) is 15.5. The summed E-state index contributed by atoms with van der Waals surface area (Å²) in [5.41, 5.74) is -5.33. The highest BCUT2D eigenvalue weighted by atomic mass is 16.6. The van der Waals surface area contributed by atoms with E-state index >= 15 is 0 Å². The zero-order valence-electron chi connectivity index (χ0n) is 28.2. The maximum Gasteiger partial charge on any atom is 0.329 e. The Morgan fingerprint density at radius 1 is 0.717 bits per heavy atom. The molecule has 8 heteroatoms. The van der Waals surface area contributed by atoms with E-state index < -0.39 is 57.4 Å². The quantitative estimate of drug-likeness (QED) is 0.0570. The number of ether oxygens (including phenoxy) is 4. The van der Waals surface area contributed by atoms with Crippen molar-refractivity contribution < 1.29 is 38.1 Å². The van der Waals surface area contributed by atoms with Crippen molar-refractivity contribution in [2.45, 2.75) is 122 Å². The van der Waals surface area contributed by atoms with Gasteiger partial charge in [0.25, 0.3) is 0 Å². The van der Waals surface area contributed by atoms with Gasteiger partial charge in [0.05, 0.1) is 0 Å². The van der Waals surface area contributed by atoms with Gasteiger partial charge in [0, 0.05) is 24.7 Å². The molecule has 0 aliphatic heterocycles. The average molecular weight is 637 g/mol. The lowest BCUT2D eigenvalue weighted by Gasteiger charge is -2.55. The van der Waals surface area contributed by atoms with Crippen LogP contribution in [0.5, 0.6) is 0 Å². The van der Waals surface area contributed by atoms with E-state index in [1.54, 1.807) is 32.1 Å². The smallest absolute Gasteiger partial charge is 0.329 e. The highest BCUT2D eigenvalue weighted by Gasteiger charge is 2.70. The van der Waals surface area contributed by atoms with Gasteiger partial charge in [0.2, 0.25) is 0 Å². The van der Waals surface area contributed by atoms with Crippen molar-refractivity contribution in [2.24, 2.45) is 40.4 Å². The molecule has 6 aliphatic rings. The Balaban J connectivity index is 1.24. The number of allylic oxidation sites excluding steroid dienone is 2. The third kappa shape index (κ3) is 6.01. The largest absolute Gasteiger partial charge is 0.458 e. The van der Waals surface area contributed by atoms with E-state index in [9.17, 15) is 19.2 Å². The van der Waals surface area contributed by atoms with Crippen LogP contribution in [-0.2, 0) is 38.1 Å². The molecule has 46 heavy (non-hydrogen) atoms. The second-order valence-corrected chi connectivity index (χ2v) is 15.5. The minimum Gasteiger partial charge on any atom is -0.458 e. The van der Waals surface area contributed by atoms with Crippen LogP contribution in [0.1, 0.15) is 105 Å². The molecule has 0 N–H and O–H groups in total. The molecule has 6 fully saturated rings. The van der Waals surface area contributed by atoms with Crippen molar-refractivity contribution in [1.82, 2.24) is 0 Å². The van der Waals surface area contributed by atoms with Gasteiger partial charge in [-0.1, -0.05) is 38.7 Å². The summed E-state index contributed by atoms with van der Waals surface area (Å²) >= 11 is 0. The molecule has 6 aliphatic carbocycles. The van der Waals surface area contributed by atoms with Crippen LogP contribution in [0.25, 0.3) is 0 Å². The van der Waals surface area contributed by atoms with E-state index in [4.69, 9.17) is 18.9 Å². The summed E-state index contributed by atoms with van der Waals surface area (Å²) < 4.78 is 23.9. The summed E-state index contributed by atoms with van der Waals surface area (Å²) in [6.45, 7) is 22.6. The predicted octanol–water partition coefficient (Wildman–Crippen LogP) is 7.33. The molecule has 0 aromatic rings. The maximum atomic E-state index is 13.9. The highest BCUT2D eigenvalue weighted by molar-refractivity contribution is 6.05. The fourth-order valence-corrected chi connectivity index (χ4v) is 8.80. The van der Waals surface area contributed by atoms with E-state index in [2.05, 4.69) is 26.3 Å². The van der Waals surface area contributed by atoms with Gasteiger partial charge >= 0.3 is 23.9 Å². The lowest BCUT2D eigenvalue weighted by molar-refractivity contribution is -0.199. The van der Waals surface area contributed by atoms with Crippen LogP contribution in [0, 0.1) is 40.4 Å². The van der Waals surface area contributed by atoms with E-state index in [0.717, 1.165) is 19.3 Å². The first-order chi connectivity index (χ1) is 21.7. The molecule has 0 aromatic heterocycles. The zero-order valence-corrected chi connectivity index (χ0v) is 28.2. The van der Waals surface area contributed by atoms with E-state index in [-0.39, 0.29) is 24.5 Å². The van der Waals surface area contributed by atoms with Gasteiger partial charge in [-0.25, -0.2) is 0 Å². The number of carbonyl (C=O) groups is 4. The molecule has 0 heterocycles. The van der Waals surface area contributed by atoms with E-state index in [1.807, 2.05) is 13.8 Å². The van der Waals surface area contributed by atoms with Gasteiger partial charge in [-0.15, -0.1) is 19.7 Å². The van der Waals surface area contributed by atoms with Crippen LogP contribution in [0.4, 0.5) is 0 Å². The van der Waals surface area contributed by atoms with Crippen LogP contribution in [0.2, 0.25) is 0 Å². The minimum absolute atomic E-state index is 0.00708. The average Bonchev–Trinajstić information content (AvgIpc) is 3.89. The normalized spacial score (nSPS) is 37.4. The Labute approximate surface area is 274 Å². The molecular weight excluding hydrogens is 584 g/mol. The number of carbonyl (C=O) groups excluding carboxylic acids is 4. The summed E-state index contributed by atoms with van der Waals surface area (Å²) in [5.74, 6) is -1.54. The Hall–Kier alpha value is -3.16. The van der Waals surface area contributed by atoms with Crippen molar-refractivity contribution in [3.63, 3.8) is 0 Å². The SMILES string of the molecule is C=CCC(C)(CC)OC(=O)C1(C(=O)OC(=C)CC(C)(CC)OC(=O)C2(C(=O)OC34CC5CC(CC(C5)C3)C4)CC2C=C)CC1C=C. The second kappa shape index (κ2) is 12.1. The van der Waals surface area contributed by atoms with Crippen LogP contribution in [0.3, 0.4) is 0 Å². The number of esters is 4. The Morgan fingerprint density at radius 3 is 1.59 bits per heavy atom. The topological polar surface area (TPSA) is 105 Å². The summed E-state index contributed by atoms with van der Waals surface area (Å²) in [7, 11) is 0. The minimum atomic E-state index is -1.50. The lowest BCUT2D eigenvalue weighted by atomic mass is 9.54. The molecule has 0 radical (unpaired) electrons. The van der Waals surface area contributed by atoms with Crippen LogP contribution < -0.4 is 0 Å². The van der Waals surface area contributed by atoms with E-state index in [1.165, 1.54) is 19.3 Å². The third-order valence-corrected chi connectivity index (χ3v) is 11.9. The van der Waals surface area contributed by atoms with Crippen molar-refractivity contribution >= 4 is 23.9 Å². The molecule has 0 spiro atoms. The number of hydrogen-bond acceptors (Lipinski definition) is 8. The van der Waals surface area contributed by atoms with E-state index in [0.29, 0.717) is 43.4 Å². The molecule has 0 amide bonds. The standard InChI is InChI=1S/C38H52O8/c1-9-14-34(7,12-4)44-31(40)37(22-28(37)10-2)30(39)43-24(6)18-35(8,13-5)45-32(41)38(23-29(38)11-3)33(42)46-36-19-25-15-26(20-36)17-27(16-25)21-36/h9-11,25-29H,1-3,6,12-23H2,4-5,7-8H3. The van der Waals surface area contributed by atoms with Gasteiger partial charge < -0.3 is 18.9 Å². The number of rotatable bonds is 16. The molecule has 252 valence electrons. The summed E-state index contributed by atoms with van der Waals surface area (Å²) in [5, 5.41) is 0. The summed E-state index contributed by atoms with van der Waals surface area (Å²) in [4.78, 5) is 54.6. The zero-order chi connectivity index (χ0) is 33.7. The highest BCUT2D eigenvalue weighted by Crippen LogP contribution is 2.61. The van der Waals surface area contributed by atoms with Gasteiger partial charge in [-0.05, 0) is 95.8 Å². The Bertz CT molecular complexity index is 1290. The molecular formula is C38H52O8. The first-order valence-electron chi connectivity index (χ1n) is 17.1. The molecule has 6 unspecified atom stereocenters. The van der Waals surface area contributed by atoms with Gasteiger partial charge in [-0.3, -0.25) is 19.2 Å². The lowest BCUT2D eigenvalue weighted by Crippen LogP contribution is -2.54. The van der Waals surface area contributed by atoms with Crippen LogP contribution in [-0.4, -0.2) is 40.7 Å². The van der Waals surface area contributed by atoms with Crippen molar-refractivity contribution in [1.29, 1.82) is 0 Å². The fraction of sp³-hybridized carbons (Fsp3) is 0.684. The molecule has 0 aromatic carbocycles. The van der Waals surface area contributed by atoms with Gasteiger partial charge in [-0.2, -0.15) is 0 Å². The van der Waals surface area contributed by atoms with Crippen LogP contribution in [0.15, 0.2) is 50.3 Å². The fourth-order valence-electron chi connectivity index (χ4n) is 8.80. The van der Waals surface area contributed by atoms with Crippen molar-refractivity contribution in [3.8, 4) is 0 Å². The molecule has 6 rings (SSSR count). The first-order valence-corrected chi connectivity index (χ1v) is 17.1. The Kier molecular flexibility index (Phi) is 9.02. The van der Waals surface area contributed by atoms with Crippen molar-refractivity contribution in [3.05, 3.63) is 50.3 Å². The third-order valence-electron chi connectivity index (χ3n) is 11.9. The Morgan fingerprint density at radius 2 is 1.17 bits per heavy atom. The number of hydrogen-bond donors (Lipinski definition) is 0. The van der Waals surface area contributed by atoms with Crippen molar-refractivity contribution in [2.75, 3.05) is 0 Å². The van der Waals surface area contributed by atoms with Gasteiger partial charge in [0.15, 0.2) is 10.8 Å². The monoisotopic (exact) mass is 636 g/mol. The molecule has 6 atom stereocenters. The van der Waals surface area contributed by atoms with Gasteiger partial charge in [0.1, 0.15) is 22.6 Å². The van der Waals surface area contributed by atoms with Crippen LogP contribution >= 0.6 is 0 Å². The molecule has 6 saturated carbocycles.